The lowest BCUT2D eigenvalue weighted by Gasteiger charge is -2.30. The number of carbonyl (C=O) groups excluding carboxylic acids is 1. The predicted molar refractivity (Wildman–Crippen MR) is 106 cm³/mol. The van der Waals surface area contributed by atoms with Gasteiger partial charge in [-0.1, -0.05) is 24.6 Å². The lowest BCUT2D eigenvalue weighted by molar-refractivity contribution is -0.0337. The minimum absolute atomic E-state index is 0.355. The number of nitrogens with one attached hydrogen (secondary N) is 2. The van der Waals surface area contributed by atoms with Crippen LogP contribution in [-0.2, 0) is 4.84 Å². The molecule has 1 fully saturated rings. The molecular formula is C22H23F2N3O2. The van der Waals surface area contributed by atoms with Crippen LogP contribution in [0.1, 0.15) is 41.3 Å². The molecule has 0 bridgehead atoms. The summed E-state index contributed by atoms with van der Waals surface area (Å²) in [6.07, 6.45) is 4.57. The second-order valence-electron chi connectivity index (χ2n) is 7.32. The van der Waals surface area contributed by atoms with Crippen LogP contribution in [0.2, 0.25) is 0 Å². The molecule has 2 aromatic carbocycles. The SMILES string of the molecule is O=C(NOC(CN1CCCCC1)c1c[nH]c2cc(F)c(F)cc12)c1ccccc1. The number of aromatic amines is 1. The number of hydroxylamine groups is 1. The fourth-order valence-electron chi connectivity index (χ4n) is 3.75. The van der Waals surface area contributed by atoms with E-state index < -0.39 is 17.7 Å². The highest BCUT2D eigenvalue weighted by Crippen LogP contribution is 2.29. The third-order valence-corrected chi connectivity index (χ3v) is 5.30. The van der Waals surface area contributed by atoms with Crippen LogP contribution in [0.3, 0.4) is 0 Å². The van der Waals surface area contributed by atoms with E-state index in [1.54, 1.807) is 30.5 Å². The molecule has 2 heterocycles. The summed E-state index contributed by atoms with van der Waals surface area (Å²) in [5.41, 5.74) is 4.17. The molecule has 0 spiro atoms. The van der Waals surface area contributed by atoms with E-state index in [1.165, 1.54) is 12.5 Å². The Morgan fingerprint density at radius 2 is 1.83 bits per heavy atom. The van der Waals surface area contributed by atoms with Crippen molar-refractivity contribution in [2.45, 2.75) is 25.4 Å². The summed E-state index contributed by atoms with van der Waals surface area (Å²) in [6.45, 7) is 2.43. The molecule has 0 aliphatic carbocycles. The zero-order chi connectivity index (χ0) is 20.2. The number of aromatic nitrogens is 1. The van der Waals surface area contributed by atoms with E-state index in [0.717, 1.165) is 32.0 Å². The zero-order valence-corrected chi connectivity index (χ0v) is 16.0. The fraction of sp³-hybridized carbons (Fsp3) is 0.318. The number of likely N-dealkylation sites (tertiary alicyclic amines) is 1. The Morgan fingerprint density at radius 1 is 1.10 bits per heavy atom. The van der Waals surface area contributed by atoms with Gasteiger partial charge in [0.25, 0.3) is 5.91 Å². The molecule has 2 N–H and O–H groups in total. The Labute approximate surface area is 167 Å². The molecule has 1 aliphatic heterocycles. The number of carbonyl (C=O) groups is 1. The highest BCUT2D eigenvalue weighted by molar-refractivity contribution is 5.93. The molecule has 0 radical (unpaired) electrons. The lowest BCUT2D eigenvalue weighted by atomic mass is 10.1. The molecule has 3 aromatic rings. The van der Waals surface area contributed by atoms with Crippen molar-refractivity contribution in [1.82, 2.24) is 15.4 Å². The van der Waals surface area contributed by atoms with Crippen molar-refractivity contribution in [3.8, 4) is 0 Å². The molecule has 29 heavy (non-hydrogen) atoms. The summed E-state index contributed by atoms with van der Waals surface area (Å²) in [7, 11) is 0. The van der Waals surface area contributed by atoms with E-state index in [-0.39, 0.29) is 5.91 Å². The Bertz CT molecular complexity index is 984. The van der Waals surface area contributed by atoms with Crippen LogP contribution in [0, 0.1) is 11.6 Å². The molecule has 1 aromatic heterocycles. The van der Waals surface area contributed by atoms with Crippen molar-refractivity contribution in [3.63, 3.8) is 0 Å². The molecule has 4 rings (SSSR count). The van der Waals surface area contributed by atoms with Crippen LogP contribution >= 0.6 is 0 Å². The second-order valence-corrected chi connectivity index (χ2v) is 7.32. The summed E-state index contributed by atoms with van der Waals surface area (Å²) in [5.74, 6) is -2.17. The number of hydrogen-bond donors (Lipinski definition) is 2. The Hall–Kier alpha value is -2.77. The van der Waals surface area contributed by atoms with E-state index in [9.17, 15) is 13.6 Å². The predicted octanol–water partition coefficient (Wildman–Crippen LogP) is 4.33. The molecule has 1 atom stereocenters. The van der Waals surface area contributed by atoms with Gasteiger partial charge in [-0.05, 0) is 44.1 Å². The number of H-pyrrole nitrogens is 1. The van der Waals surface area contributed by atoms with Crippen molar-refractivity contribution in [2.24, 2.45) is 0 Å². The van der Waals surface area contributed by atoms with E-state index >= 15 is 0 Å². The molecular weight excluding hydrogens is 376 g/mol. The summed E-state index contributed by atoms with van der Waals surface area (Å²) in [6, 6.07) is 11.1. The second kappa shape index (κ2) is 8.71. The first kappa shape index (κ1) is 19.5. The number of fused-ring (bicyclic) bond motifs is 1. The summed E-state index contributed by atoms with van der Waals surface area (Å²) in [4.78, 5) is 23.5. The number of halogens is 2. The van der Waals surface area contributed by atoms with Crippen LogP contribution in [0.25, 0.3) is 10.9 Å². The van der Waals surface area contributed by atoms with E-state index in [1.807, 2.05) is 6.07 Å². The van der Waals surface area contributed by atoms with E-state index in [2.05, 4.69) is 15.4 Å². The number of nitrogens with zero attached hydrogens (tertiary/aromatic N) is 1. The normalized spacial score (nSPS) is 16.1. The molecule has 5 nitrogen and oxygen atoms in total. The van der Waals surface area contributed by atoms with Crippen molar-refractivity contribution >= 4 is 16.8 Å². The number of piperidine rings is 1. The van der Waals surface area contributed by atoms with Gasteiger partial charge in [0.2, 0.25) is 0 Å². The average molecular weight is 399 g/mol. The third kappa shape index (κ3) is 4.46. The Balaban J connectivity index is 1.58. The summed E-state index contributed by atoms with van der Waals surface area (Å²) < 4.78 is 27.4. The highest BCUT2D eigenvalue weighted by Gasteiger charge is 2.24. The van der Waals surface area contributed by atoms with Gasteiger partial charge >= 0.3 is 0 Å². The first-order chi connectivity index (χ1) is 14.1. The first-order valence-electron chi connectivity index (χ1n) is 9.81. The largest absolute Gasteiger partial charge is 0.361 e. The van der Waals surface area contributed by atoms with Gasteiger partial charge in [0, 0.05) is 40.8 Å². The quantitative estimate of drug-likeness (QED) is 0.607. The van der Waals surface area contributed by atoms with Crippen molar-refractivity contribution in [3.05, 3.63) is 71.4 Å². The summed E-state index contributed by atoms with van der Waals surface area (Å²) >= 11 is 0. The van der Waals surface area contributed by atoms with Crippen molar-refractivity contribution in [2.75, 3.05) is 19.6 Å². The van der Waals surface area contributed by atoms with Crippen LogP contribution in [0.5, 0.6) is 0 Å². The molecule has 152 valence electrons. The van der Waals surface area contributed by atoms with Gasteiger partial charge in [0.1, 0.15) is 6.10 Å². The molecule has 1 amide bonds. The zero-order valence-electron chi connectivity index (χ0n) is 16.0. The Kier molecular flexibility index (Phi) is 5.87. The summed E-state index contributed by atoms with van der Waals surface area (Å²) in [5, 5.41) is 0.542. The topological polar surface area (TPSA) is 57.4 Å². The molecule has 1 aliphatic rings. The fourth-order valence-corrected chi connectivity index (χ4v) is 3.75. The molecule has 0 saturated carbocycles. The third-order valence-electron chi connectivity index (χ3n) is 5.30. The number of benzene rings is 2. The number of amides is 1. The maximum atomic E-state index is 13.9. The molecule has 7 heteroatoms. The minimum Gasteiger partial charge on any atom is -0.361 e. The monoisotopic (exact) mass is 399 g/mol. The van der Waals surface area contributed by atoms with Gasteiger partial charge in [0.15, 0.2) is 11.6 Å². The van der Waals surface area contributed by atoms with Gasteiger partial charge in [-0.2, -0.15) is 0 Å². The standard InChI is InChI=1S/C22H23F2N3O2/c23-18-11-16-17(13-25-20(16)12-19(18)24)21(14-27-9-5-2-6-10-27)29-26-22(28)15-7-3-1-4-8-15/h1,3-4,7-8,11-13,21,25H,2,5-6,9-10,14H2,(H,26,28). The van der Waals surface area contributed by atoms with Crippen LogP contribution in [-0.4, -0.2) is 35.4 Å². The maximum absolute atomic E-state index is 13.9. The van der Waals surface area contributed by atoms with Gasteiger partial charge < -0.3 is 9.88 Å². The van der Waals surface area contributed by atoms with Gasteiger partial charge in [-0.25, -0.2) is 14.3 Å². The van der Waals surface area contributed by atoms with Gasteiger partial charge in [-0.3, -0.25) is 9.63 Å². The van der Waals surface area contributed by atoms with Crippen LogP contribution in [0.15, 0.2) is 48.7 Å². The maximum Gasteiger partial charge on any atom is 0.274 e. The van der Waals surface area contributed by atoms with Gasteiger partial charge in [-0.15, -0.1) is 0 Å². The molecule has 1 saturated heterocycles. The minimum atomic E-state index is -0.914. The average Bonchev–Trinajstić information content (AvgIpc) is 3.15. The van der Waals surface area contributed by atoms with Crippen molar-refractivity contribution < 1.29 is 18.4 Å². The van der Waals surface area contributed by atoms with E-state index in [0.29, 0.717) is 28.6 Å². The lowest BCUT2D eigenvalue weighted by Crippen LogP contribution is -2.37. The smallest absolute Gasteiger partial charge is 0.274 e. The van der Waals surface area contributed by atoms with Gasteiger partial charge in [0.05, 0.1) is 0 Å². The van der Waals surface area contributed by atoms with Crippen LogP contribution in [0.4, 0.5) is 8.78 Å². The number of rotatable bonds is 6. The van der Waals surface area contributed by atoms with E-state index in [4.69, 9.17) is 4.84 Å². The highest BCUT2D eigenvalue weighted by atomic mass is 19.2. The number of hydrogen-bond acceptors (Lipinski definition) is 3. The van der Waals surface area contributed by atoms with Crippen LogP contribution < -0.4 is 5.48 Å². The first-order valence-corrected chi connectivity index (χ1v) is 9.81. The Morgan fingerprint density at radius 3 is 2.59 bits per heavy atom. The molecule has 1 unspecified atom stereocenters. The van der Waals surface area contributed by atoms with Crippen molar-refractivity contribution in [1.29, 1.82) is 0 Å².